The predicted molar refractivity (Wildman–Crippen MR) is 66.8 cm³/mol. The lowest BCUT2D eigenvalue weighted by Crippen LogP contribution is -2.23. The van der Waals surface area contributed by atoms with E-state index in [0.717, 1.165) is 0 Å². The van der Waals surface area contributed by atoms with E-state index in [0.29, 0.717) is 16.9 Å². The largest absolute Gasteiger partial charge is 0.488 e. The Morgan fingerprint density at radius 2 is 1.35 bits per heavy atom. The zero-order valence-corrected chi connectivity index (χ0v) is 11.0. The van der Waals surface area contributed by atoms with Crippen molar-refractivity contribution in [3.63, 3.8) is 0 Å². The van der Waals surface area contributed by atoms with E-state index in [1.54, 1.807) is 18.2 Å². The van der Waals surface area contributed by atoms with Crippen molar-refractivity contribution in [1.82, 2.24) is 0 Å². The molecule has 1 aromatic rings. The van der Waals surface area contributed by atoms with Crippen molar-refractivity contribution in [2.75, 3.05) is 0 Å². The molecule has 3 nitrogen and oxygen atoms in total. The second kappa shape index (κ2) is 4.70. The third kappa shape index (κ3) is 4.02. The molecule has 0 saturated heterocycles. The van der Waals surface area contributed by atoms with Crippen molar-refractivity contribution in [2.24, 2.45) is 0 Å². The molecular weight excluding hydrogens is 216 g/mol. The van der Waals surface area contributed by atoms with E-state index in [1.165, 1.54) is 13.8 Å². The maximum atomic E-state index is 11.4. The normalized spacial score (nSPS) is 11.1. The molecule has 0 spiro atoms. The third-order valence-corrected chi connectivity index (χ3v) is 2.14. The first-order valence-corrected chi connectivity index (χ1v) is 5.55. The third-order valence-electron chi connectivity index (χ3n) is 2.14. The fourth-order valence-corrected chi connectivity index (χ4v) is 1.42. The molecule has 0 unspecified atom stereocenters. The van der Waals surface area contributed by atoms with Gasteiger partial charge in [0, 0.05) is 11.1 Å². The van der Waals surface area contributed by atoms with Crippen molar-refractivity contribution in [3.05, 3.63) is 29.3 Å². The van der Waals surface area contributed by atoms with Gasteiger partial charge in [0.25, 0.3) is 0 Å². The molecule has 17 heavy (non-hydrogen) atoms. The zero-order valence-electron chi connectivity index (χ0n) is 11.0. The molecule has 1 aromatic carbocycles. The molecule has 3 heteroatoms. The topological polar surface area (TPSA) is 43.4 Å². The first kappa shape index (κ1) is 13.4. The van der Waals surface area contributed by atoms with Crippen LogP contribution in [0.3, 0.4) is 0 Å². The van der Waals surface area contributed by atoms with Gasteiger partial charge in [0.1, 0.15) is 11.4 Å². The van der Waals surface area contributed by atoms with Crippen LogP contribution in [-0.4, -0.2) is 17.2 Å². The molecule has 0 atom stereocenters. The standard InChI is InChI=1S/C14H18O3/c1-9(15)11-6-12(10(2)16)8-13(7-11)17-14(3,4)5/h6-8H,1-5H3. The first-order valence-electron chi connectivity index (χ1n) is 5.55. The lowest BCUT2D eigenvalue weighted by molar-refractivity contribution is 0.101. The number of rotatable bonds is 3. The number of ketones is 2. The Labute approximate surface area is 102 Å². The maximum Gasteiger partial charge on any atom is 0.159 e. The summed E-state index contributed by atoms with van der Waals surface area (Å²) in [6.07, 6.45) is 0. The van der Waals surface area contributed by atoms with Gasteiger partial charge in [0.05, 0.1) is 0 Å². The molecule has 0 saturated carbocycles. The van der Waals surface area contributed by atoms with E-state index in [9.17, 15) is 9.59 Å². The van der Waals surface area contributed by atoms with Crippen molar-refractivity contribution in [2.45, 2.75) is 40.2 Å². The average Bonchev–Trinajstić information content (AvgIpc) is 2.14. The lowest BCUT2D eigenvalue weighted by atomic mass is 10.0. The molecule has 0 aliphatic carbocycles. The van der Waals surface area contributed by atoms with Gasteiger partial charge in [0.15, 0.2) is 11.6 Å². The van der Waals surface area contributed by atoms with Crippen molar-refractivity contribution in [1.29, 1.82) is 0 Å². The average molecular weight is 234 g/mol. The van der Waals surface area contributed by atoms with Gasteiger partial charge in [-0.25, -0.2) is 0 Å². The van der Waals surface area contributed by atoms with Crippen LogP contribution in [0.25, 0.3) is 0 Å². The van der Waals surface area contributed by atoms with Crippen LogP contribution in [0.15, 0.2) is 18.2 Å². The summed E-state index contributed by atoms with van der Waals surface area (Å²) in [5.41, 5.74) is 0.637. The van der Waals surface area contributed by atoms with E-state index in [1.807, 2.05) is 20.8 Å². The number of hydrogen-bond acceptors (Lipinski definition) is 3. The number of benzene rings is 1. The zero-order chi connectivity index (χ0) is 13.2. The smallest absolute Gasteiger partial charge is 0.159 e. The molecule has 92 valence electrons. The van der Waals surface area contributed by atoms with Crippen molar-refractivity contribution >= 4 is 11.6 Å². The minimum Gasteiger partial charge on any atom is -0.488 e. The second-order valence-corrected chi connectivity index (χ2v) is 5.07. The van der Waals surface area contributed by atoms with Crippen LogP contribution in [0, 0.1) is 0 Å². The molecule has 0 N–H and O–H groups in total. The van der Waals surface area contributed by atoms with E-state index in [4.69, 9.17) is 4.74 Å². The van der Waals surface area contributed by atoms with Crippen molar-refractivity contribution < 1.29 is 14.3 Å². The Kier molecular flexibility index (Phi) is 3.71. The van der Waals surface area contributed by atoms with Crippen LogP contribution in [-0.2, 0) is 0 Å². The van der Waals surface area contributed by atoms with Crippen molar-refractivity contribution in [3.8, 4) is 5.75 Å². The lowest BCUT2D eigenvalue weighted by Gasteiger charge is -2.22. The summed E-state index contributed by atoms with van der Waals surface area (Å²) < 4.78 is 5.68. The summed E-state index contributed by atoms with van der Waals surface area (Å²) in [6, 6.07) is 4.93. The summed E-state index contributed by atoms with van der Waals surface area (Å²) in [5, 5.41) is 0. The van der Waals surface area contributed by atoms with Crippen LogP contribution in [0.5, 0.6) is 5.75 Å². The van der Waals surface area contributed by atoms with Gasteiger partial charge in [0.2, 0.25) is 0 Å². The molecule has 0 aliphatic heterocycles. The number of carbonyl (C=O) groups is 2. The summed E-state index contributed by atoms with van der Waals surface area (Å²) in [4.78, 5) is 22.7. The summed E-state index contributed by atoms with van der Waals surface area (Å²) in [6.45, 7) is 8.70. The van der Waals surface area contributed by atoms with Crippen LogP contribution in [0.1, 0.15) is 55.3 Å². The van der Waals surface area contributed by atoms with Gasteiger partial charge >= 0.3 is 0 Å². The summed E-state index contributed by atoms with van der Waals surface area (Å²) in [7, 11) is 0. The highest BCUT2D eigenvalue weighted by Gasteiger charge is 2.15. The molecule has 0 aromatic heterocycles. The van der Waals surface area contributed by atoms with Crippen LogP contribution in [0.2, 0.25) is 0 Å². The van der Waals surface area contributed by atoms with Gasteiger partial charge in [-0.1, -0.05) is 0 Å². The Balaban J connectivity index is 3.22. The van der Waals surface area contributed by atoms with Gasteiger partial charge < -0.3 is 4.74 Å². The van der Waals surface area contributed by atoms with Crippen LogP contribution >= 0.6 is 0 Å². The number of hydrogen-bond donors (Lipinski definition) is 0. The molecule has 0 aliphatic rings. The van der Waals surface area contributed by atoms with E-state index in [-0.39, 0.29) is 17.2 Å². The fraction of sp³-hybridized carbons (Fsp3) is 0.429. The van der Waals surface area contributed by atoms with E-state index < -0.39 is 0 Å². The maximum absolute atomic E-state index is 11.4. The minimum absolute atomic E-state index is 0.0770. The quantitative estimate of drug-likeness (QED) is 0.754. The predicted octanol–water partition coefficient (Wildman–Crippen LogP) is 3.27. The molecule has 0 heterocycles. The van der Waals surface area contributed by atoms with E-state index in [2.05, 4.69) is 0 Å². The van der Waals surface area contributed by atoms with Crippen LogP contribution in [0.4, 0.5) is 0 Å². The number of ether oxygens (including phenoxy) is 1. The van der Waals surface area contributed by atoms with Gasteiger partial charge in [-0.15, -0.1) is 0 Å². The van der Waals surface area contributed by atoms with Crippen LogP contribution < -0.4 is 4.74 Å². The van der Waals surface area contributed by atoms with Gasteiger partial charge in [-0.3, -0.25) is 9.59 Å². The highest BCUT2D eigenvalue weighted by atomic mass is 16.5. The molecule has 0 bridgehead atoms. The van der Waals surface area contributed by atoms with Gasteiger partial charge in [-0.2, -0.15) is 0 Å². The SMILES string of the molecule is CC(=O)c1cc(OC(C)(C)C)cc(C(C)=O)c1. The summed E-state index contributed by atoms with van der Waals surface area (Å²) in [5.74, 6) is 0.397. The highest BCUT2D eigenvalue weighted by Crippen LogP contribution is 2.22. The van der Waals surface area contributed by atoms with Gasteiger partial charge in [-0.05, 0) is 52.8 Å². The molecule has 0 fully saturated rings. The monoisotopic (exact) mass is 234 g/mol. The Bertz CT molecular complexity index is 421. The summed E-state index contributed by atoms with van der Waals surface area (Å²) >= 11 is 0. The Morgan fingerprint density at radius 3 is 1.65 bits per heavy atom. The fourth-order valence-electron chi connectivity index (χ4n) is 1.42. The molecule has 0 amide bonds. The second-order valence-electron chi connectivity index (χ2n) is 5.07. The number of Topliss-reactive ketones (excluding diaryl/α,β-unsaturated/α-hetero) is 2. The Hall–Kier alpha value is -1.64. The molecule has 0 radical (unpaired) electrons. The molecule has 1 rings (SSSR count). The highest BCUT2D eigenvalue weighted by molar-refractivity contribution is 6.00. The number of carbonyl (C=O) groups excluding carboxylic acids is 2. The first-order chi connectivity index (χ1) is 7.69. The van der Waals surface area contributed by atoms with E-state index >= 15 is 0 Å². The Morgan fingerprint density at radius 1 is 0.941 bits per heavy atom. The molecular formula is C14H18O3. The minimum atomic E-state index is -0.358.